The molecule has 0 bridgehead atoms. The maximum atomic E-state index is 14.0. The molecule has 0 amide bonds. The second kappa shape index (κ2) is 5.50. The first-order valence-corrected chi connectivity index (χ1v) is 6.55. The first-order chi connectivity index (χ1) is 10.2. The van der Waals surface area contributed by atoms with Gasteiger partial charge >= 0.3 is 0 Å². The molecule has 0 aliphatic rings. The summed E-state index contributed by atoms with van der Waals surface area (Å²) in [7, 11) is 1.47. The average molecular weight is 283 g/mol. The molecule has 1 heterocycles. The molecule has 21 heavy (non-hydrogen) atoms. The molecule has 0 saturated carbocycles. The van der Waals surface area contributed by atoms with Crippen molar-refractivity contribution in [2.75, 3.05) is 7.11 Å². The molecule has 1 unspecified atom stereocenters. The van der Waals surface area contributed by atoms with Crippen LogP contribution in [0.15, 0.2) is 54.7 Å². The highest BCUT2D eigenvalue weighted by molar-refractivity contribution is 5.79. The van der Waals surface area contributed by atoms with E-state index in [1.807, 2.05) is 24.3 Å². The fourth-order valence-electron chi connectivity index (χ4n) is 2.30. The smallest absolute Gasteiger partial charge is 0.133 e. The Hall–Kier alpha value is -2.46. The first-order valence-electron chi connectivity index (χ1n) is 6.55. The zero-order chi connectivity index (χ0) is 14.8. The van der Waals surface area contributed by atoms with Crippen LogP contribution in [0, 0.1) is 5.82 Å². The van der Waals surface area contributed by atoms with Gasteiger partial charge in [0.25, 0.3) is 0 Å². The predicted molar refractivity (Wildman–Crippen MR) is 78.8 cm³/mol. The van der Waals surface area contributed by atoms with E-state index >= 15 is 0 Å². The molecule has 4 heteroatoms. The number of hydrogen-bond acceptors (Lipinski definition) is 3. The molecule has 0 spiro atoms. The molecule has 0 aliphatic carbocycles. The van der Waals surface area contributed by atoms with Gasteiger partial charge in [-0.15, -0.1) is 0 Å². The van der Waals surface area contributed by atoms with E-state index in [9.17, 15) is 9.50 Å². The van der Waals surface area contributed by atoms with Gasteiger partial charge in [0.1, 0.15) is 17.7 Å². The summed E-state index contributed by atoms with van der Waals surface area (Å²) < 4.78 is 19.0. The SMILES string of the molecule is COc1ccc(C(O)c2ccc3ncccc3c2)c(F)c1. The maximum absolute atomic E-state index is 14.0. The zero-order valence-corrected chi connectivity index (χ0v) is 11.5. The summed E-state index contributed by atoms with van der Waals surface area (Å²) in [4.78, 5) is 4.22. The lowest BCUT2D eigenvalue weighted by Crippen LogP contribution is -2.03. The van der Waals surface area contributed by atoms with Crippen molar-refractivity contribution in [2.24, 2.45) is 0 Å². The zero-order valence-electron chi connectivity index (χ0n) is 11.5. The molecule has 3 rings (SSSR count). The van der Waals surface area contributed by atoms with Crippen molar-refractivity contribution in [3.8, 4) is 5.75 Å². The Morgan fingerprint density at radius 1 is 1.14 bits per heavy atom. The number of ether oxygens (including phenoxy) is 1. The highest BCUT2D eigenvalue weighted by Gasteiger charge is 2.16. The number of hydrogen-bond donors (Lipinski definition) is 1. The number of aliphatic hydroxyl groups is 1. The highest BCUT2D eigenvalue weighted by atomic mass is 19.1. The molecule has 3 aromatic rings. The fraction of sp³-hybridized carbons (Fsp3) is 0.118. The number of fused-ring (bicyclic) bond motifs is 1. The van der Waals surface area contributed by atoms with Gasteiger partial charge in [-0.25, -0.2) is 4.39 Å². The minimum Gasteiger partial charge on any atom is -0.497 e. The van der Waals surface area contributed by atoms with Crippen molar-refractivity contribution in [2.45, 2.75) is 6.10 Å². The number of benzene rings is 2. The Kier molecular flexibility index (Phi) is 3.54. The summed E-state index contributed by atoms with van der Waals surface area (Å²) in [6.45, 7) is 0. The minimum atomic E-state index is -1.03. The summed E-state index contributed by atoms with van der Waals surface area (Å²) in [6, 6.07) is 13.5. The molecule has 1 aromatic heterocycles. The number of nitrogens with zero attached hydrogens (tertiary/aromatic N) is 1. The summed E-state index contributed by atoms with van der Waals surface area (Å²) >= 11 is 0. The quantitative estimate of drug-likeness (QED) is 0.800. The third-order valence-electron chi connectivity index (χ3n) is 3.45. The van der Waals surface area contributed by atoms with E-state index in [0.29, 0.717) is 11.3 Å². The lowest BCUT2D eigenvalue weighted by atomic mass is 9.99. The predicted octanol–water partition coefficient (Wildman–Crippen LogP) is 3.46. The Labute approximate surface area is 121 Å². The average Bonchev–Trinajstić information content (AvgIpc) is 2.53. The van der Waals surface area contributed by atoms with E-state index in [-0.39, 0.29) is 5.56 Å². The summed E-state index contributed by atoms with van der Waals surface area (Å²) in [5.41, 5.74) is 1.68. The number of rotatable bonds is 3. The van der Waals surface area contributed by atoms with Crippen LogP contribution in [0.2, 0.25) is 0 Å². The van der Waals surface area contributed by atoms with Crippen LogP contribution in [0.3, 0.4) is 0 Å². The van der Waals surface area contributed by atoms with Gasteiger partial charge < -0.3 is 9.84 Å². The molecular formula is C17H14FNO2. The third kappa shape index (κ3) is 2.58. The lowest BCUT2D eigenvalue weighted by molar-refractivity contribution is 0.215. The molecule has 1 N–H and O–H groups in total. The van der Waals surface area contributed by atoms with E-state index in [0.717, 1.165) is 10.9 Å². The van der Waals surface area contributed by atoms with Crippen molar-refractivity contribution in [3.05, 3.63) is 71.7 Å². The molecular weight excluding hydrogens is 269 g/mol. The van der Waals surface area contributed by atoms with Gasteiger partial charge in [-0.05, 0) is 35.9 Å². The molecule has 3 nitrogen and oxygen atoms in total. The Balaban J connectivity index is 2.01. The molecule has 0 fully saturated rings. The van der Waals surface area contributed by atoms with Crippen LogP contribution in [0.25, 0.3) is 10.9 Å². The van der Waals surface area contributed by atoms with Crippen LogP contribution in [-0.4, -0.2) is 17.2 Å². The monoisotopic (exact) mass is 283 g/mol. The van der Waals surface area contributed by atoms with E-state index in [2.05, 4.69) is 4.98 Å². The number of aliphatic hydroxyl groups excluding tert-OH is 1. The first kappa shape index (κ1) is 13.5. The van der Waals surface area contributed by atoms with Crippen LogP contribution >= 0.6 is 0 Å². The maximum Gasteiger partial charge on any atom is 0.133 e. The Bertz CT molecular complexity index is 789. The summed E-state index contributed by atoms with van der Waals surface area (Å²) in [6.07, 6.45) is 0.683. The van der Waals surface area contributed by atoms with E-state index < -0.39 is 11.9 Å². The van der Waals surface area contributed by atoms with Crippen molar-refractivity contribution in [1.82, 2.24) is 4.98 Å². The van der Waals surface area contributed by atoms with Gasteiger partial charge in [0.15, 0.2) is 0 Å². The minimum absolute atomic E-state index is 0.221. The fourth-order valence-corrected chi connectivity index (χ4v) is 2.30. The normalized spacial score (nSPS) is 12.3. The standard InChI is InChI=1S/C17H14FNO2/c1-21-13-5-6-14(15(18)10-13)17(20)12-4-7-16-11(9-12)3-2-8-19-16/h2-10,17,20H,1H3. The second-order valence-electron chi connectivity index (χ2n) is 4.75. The van der Waals surface area contributed by atoms with Crippen LogP contribution in [0.5, 0.6) is 5.75 Å². The van der Waals surface area contributed by atoms with Crippen molar-refractivity contribution in [1.29, 1.82) is 0 Å². The van der Waals surface area contributed by atoms with E-state index in [4.69, 9.17) is 4.74 Å². The van der Waals surface area contributed by atoms with Crippen LogP contribution < -0.4 is 4.74 Å². The molecule has 0 radical (unpaired) electrons. The second-order valence-corrected chi connectivity index (χ2v) is 4.75. The molecule has 2 aromatic carbocycles. The number of halogens is 1. The van der Waals surface area contributed by atoms with Gasteiger partial charge in [0.2, 0.25) is 0 Å². The van der Waals surface area contributed by atoms with Gasteiger partial charge in [0.05, 0.1) is 12.6 Å². The van der Waals surface area contributed by atoms with Crippen molar-refractivity contribution < 1.29 is 14.2 Å². The molecule has 0 aliphatic heterocycles. The molecule has 106 valence electrons. The summed E-state index contributed by atoms with van der Waals surface area (Å²) in [5, 5.41) is 11.3. The Morgan fingerprint density at radius 2 is 2.00 bits per heavy atom. The third-order valence-corrected chi connectivity index (χ3v) is 3.45. The van der Waals surface area contributed by atoms with Gasteiger partial charge in [-0.3, -0.25) is 4.98 Å². The van der Waals surface area contributed by atoms with Crippen LogP contribution in [0.4, 0.5) is 4.39 Å². The highest BCUT2D eigenvalue weighted by Crippen LogP contribution is 2.28. The van der Waals surface area contributed by atoms with Crippen molar-refractivity contribution in [3.63, 3.8) is 0 Å². The van der Waals surface area contributed by atoms with Gasteiger partial charge in [-0.1, -0.05) is 12.1 Å². The molecule has 1 atom stereocenters. The van der Waals surface area contributed by atoms with E-state index in [1.54, 1.807) is 18.3 Å². The van der Waals surface area contributed by atoms with Gasteiger partial charge in [0, 0.05) is 23.2 Å². The topological polar surface area (TPSA) is 42.4 Å². The summed E-state index contributed by atoms with van der Waals surface area (Å²) in [5.74, 6) is -0.0701. The van der Waals surface area contributed by atoms with Gasteiger partial charge in [-0.2, -0.15) is 0 Å². The lowest BCUT2D eigenvalue weighted by Gasteiger charge is -2.14. The van der Waals surface area contributed by atoms with Crippen LogP contribution in [0.1, 0.15) is 17.2 Å². The number of aromatic nitrogens is 1. The Morgan fingerprint density at radius 3 is 2.76 bits per heavy atom. The molecule has 0 saturated heterocycles. The van der Waals surface area contributed by atoms with Crippen LogP contribution in [-0.2, 0) is 0 Å². The van der Waals surface area contributed by atoms with Crippen molar-refractivity contribution >= 4 is 10.9 Å². The van der Waals surface area contributed by atoms with E-state index in [1.165, 1.54) is 19.2 Å². The number of pyridine rings is 1. The number of methoxy groups -OCH3 is 1. The largest absolute Gasteiger partial charge is 0.497 e.